The first-order chi connectivity index (χ1) is 7.99. The van der Waals surface area contributed by atoms with Crippen LogP contribution in [0.1, 0.15) is 22.5 Å². The van der Waals surface area contributed by atoms with Crippen molar-refractivity contribution in [3.05, 3.63) is 46.8 Å². The highest BCUT2D eigenvalue weighted by atomic mass is 15.3. The lowest BCUT2D eigenvalue weighted by atomic mass is 10.1. The van der Waals surface area contributed by atoms with Crippen molar-refractivity contribution in [1.29, 1.82) is 5.41 Å². The van der Waals surface area contributed by atoms with Crippen LogP contribution in [0.2, 0.25) is 0 Å². The number of hydrogen-bond acceptors (Lipinski definition) is 2. The minimum Gasteiger partial charge on any atom is -0.384 e. The van der Waals surface area contributed by atoms with Gasteiger partial charge in [-0.25, -0.2) is 4.68 Å². The fourth-order valence-corrected chi connectivity index (χ4v) is 1.92. The Morgan fingerprint density at radius 1 is 1.24 bits per heavy atom. The second-order valence-electron chi connectivity index (χ2n) is 4.27. The van der Waals surface area contributed by atoms with E-state index in [-0.39, 0.29) is 5.84 Å². The average Bonchev–Trinajstić information content (AvgIpc) is 2.57. The van der Waals surface area contributed by atoms with Gasteiger partial charge in [0, 0.05) is 11.3 Å². The minimum atomic E-state index is 0.0660. The van der Waals surface area contributed by atoms with Gasteiger partial charge in [-0.3, -0.25) is 5.41 Å². The summed E-state index contributed by atoms with van der Waals surface area (Å²) >= 11 is 0. The van der Waals surface area contributed by atoms with Gasteiger partial charge in [-0.15, -0.1) is 0 Å². The van der Waals surface area contributed by atoms with Crippen LogP contribution in [0.25, 0.3) is 5.69 Å². The molecule has 88 valence electrons. The number of nitrogen functional groups attached to an aromatic ring is 1. The number of nitrogens with one attached hydrogen (secondary N) is 1. The van der Waals surface area contributed by atoms with Gasteiger partial charge >= 0.3 is 0 Å². The lowest BCUT2D eigenvalue weighted by molar-refractivity contribution is 0.831. The molecule has 0 unspecified atom stereocenters. The van der Waals surface area contributed by atoms with Crippen LogP contribution in [-0.4, -0.2) is 15.6 Å². The highest BCUT2D eigenvalue weighted by Gasteiger charge is 2.10. The number of hydrogen-bond donors (Lipinski definition) is 2. The Labute approximate surface area is 101 Å². The molecule has 0 atom stereocenters. The Morgan fingerprint density at radius 3 is 2.47 bits per heavy atom. The van der Waals surface area contributed by atoms with Crippen molar-refractivity contribution in [2.45, 2.75) is 20.8 Å². The van der Waals surface area contributed by atoms with Crippen molar-refractivity contribution >= 4 is 5.84 Å². The van der Waals surface area contributed by atoms with Crippen LogP contribution in [0.5, 0.6) is 0 Å². The summed E-state index contributed by atoms with van der Waals surface area (Å²) in [6.07, 6.45) is 0. The zero-order valence-corrected chi connectivity index (χ0v) is 10.3. The number of rotatable bonds is 2. The molecule has 0 aliphatic carbocycles. The van der Waals surface area contributed by atoms with E-state index in [1.165, 1.54) is 0 Å². The number of aromatic nitrogens is 2. The summed E-state index contributed by atoms with van der Waals surface area (Å²) in [4.78, 5) is 0. The molecule has 2 aromatic rings. The Balaban J connectivity index is 2.67. The monoisotopic (exact) mass is 228 g/mol. The molecule has 0 radical (unpaired) electrons. The molecule has 0 spiro atoms. The first-order valence-electron chi connectivity index (χ1n) is 5.47. The zero-order valence-electron chi connectivity index (χ0n) is 10.3. The lowest BCUT2D eigenvalue weighted by Crippen LogP contribution is -2.16. The number of amidine groups is 1. The number of benzene rings is 1. The second-order valence-corrected chi connectivity index (χ2v) is 4.27. The second kappa shape index (κ2) is 4.05. The summed E-state index contributed by atoms with van der Waals surface area (Å²) in [6, 6.07) is 7.86. The van der Waals surface area contributed by atoms with Gasteiger partial charge in [-0.05, 0) is 39.0 Å². The van der Waals surface area contributed by atoms with Crippen molar-refractivity contribution in [3.8, 4) is 5.69 Å². The summed E-state index contributed by atoms with van der Waals surface area (Å²) in [5.41, 5.74) is 10.3. The average molecular weight is 228 g/mol. The van der Waals surface area contributed by atoms with Gasteiger partial charge < -0.3 is 5.73 Å². The summed E-state index contributed by atoms with van der Waals surface area (Å²) < 4.78 is 1.82. The van der Waals surface area contributed by atoms with Crippen LogP contribution < -0.4 is 5.73 Å². The summed E-state index contributed by atoms with van der Waals surface area (Å²) in [7, 11) is 0. The van der Waals surface area contributed by atoms with E-state index in [0.717, 1.165) is 28.2 Å². The van der Waals surface area contributed by atoms with Crippen LogP contribution >= 0.6 is 0 Å². The third-order valence-electron chi connectivity index (χ3n) is 2.68. The first kappa shape index (κ1) is 11.4. The van der Waals surface area contributed by atoms with Gasteiger partial charge in [0.2, 0.25) is 0 Å². The lowest BCUT2D eigenvalue weighted by Gasteiger charge is -2.11. The highest BCUT2D eigenvalue weighted by Crippen LogP contribution is 2.18. The molecule has 4 heteroatoms. The number of nitrogens with two attached hydrogens (primary N) is 1. The molecule has 0 aliphatic rings. The van der Waals surface area contributed by atoms with E-state index in [1.54, 1.807) is 0 Å². The molecule has 0 aliphatic heterocycles. The van der Waals surface area contributed by atoms with Crippen molar-refractivity contribution in [1.82, 2.24) is 9.78 Å². The van der Waals surface area contributed by atoms with E-state index in [2.05, 4.69) is 5.10 Å². The largest absolute Gasteiger partial charge is 0.384 e. The Morgan fingerprint density at radius 2 is 1.94 bits per heavy atom. The van der Waals surface area contributed by atoms with Gasteiger partial charge in [0.15, 0.2) is 0 Å². The number of aryl methyl sites for hydroxylation is 3. The fraction of sp³-hybridized carbons (Fsp3) is 0.231. The molecule has 0 saturated carbocycles. The summed E-state index contributed by atoms with van der Waals surface area (Å²) in [5.74, 6) is 0.0660. The maximum Gasteiger partial charge on any atom is 0.124 e. The molecule has 0 bridgehead atoms. The van der Waals surface area contributed by atoms with Crippen LogP contribution in [0.4, 0.5) is 0 Å². The van der Waals surface area contributed by atoms with E-state index in [9.17, 15) is 0 Å². The standard InChI is InChI=1S/C13H16N4/c1-8-4-5-12(11(6-8)13(14)15)17-10(3)7-9(2)16-17/h4-7H,1-3H3,(H3,14,15). The van der Waals surface area contributed by atoms with Crippen LogP contribution in [0.3, 0.4) is 0 Å². The molecular weight excluding hydrogens is 212 g/mol. The van der Waals surface area contributed by atoms with Gasteiger partial charge in [-0.1, -0.05) is 11.6 Å². The van der Waals surface area contributed by atoms with Crippen LogP contribution in [-0.2, 0) is 0 Å². The normalized spacial score (nSPS) is 10.5. The van der Waals surface area contributed by atoms with Crippen LogP contribution in [0.15, 0.2) is 24.3 Å². The quantitative estimate of drug-likeness (QED) is 0.610. The molecule has 0 fully saturated rings. The predicted molar refractivity (Wildman–Crippen MR) is 68.8 cm³/mol. The third-order valence-corrected chi connectivity index (χ3v) is 2.68. The highest BCUT2D eigenvalue weighted by molar-refractivity contribution is 5.98. The predicted octanol–water partition coefficient (Wildman–Crippen LogP) is 2.08. The van der Waals surface area contributed by atoms with E-state index in [4.69, 9.17) is 11.1 Å². The molecular formula is C13H16N4. The van der Waals surface area contributed by atoms with Gasteiger partial charge in [-0.2, -0.15) is 5.10 Å². The Kier molecular flexibility index (Phi) is 2.71. The SMILES string of the molecule is Cc1ccc(-n2nc(C)cc2C)c(C(=N)N)c1. The topological polar surface area (TPSA) is 67.7 Å². The molecule has 1 aromatic heterocycles. The van der Waals surface area contributed by atoms with Crippen molar-refractivity contribution in [3.63, 3.8) is 0 Å². The maximum atomic E-state index is 7.64. The van der Waals surface area contributed by atoms with Gasteiger partial charge in [0.25, 0.3) is 0 Å². The van der Waals surface area contributed by atoms with E-state index in [1.807, 2.05) is 49.7 Å². The van der Waals surface area contributed by atoms with Crippen molar-refractivity contribution in [2.75, 3.05) is 0 Å². The first-order valence-corrected chi connectivity index (χ1v) is 5.47. The zero-order chi connectivity index (χ0) is 12.6. The molecule has 2 rings (SSSR count). The molecule has 17 heavy (non-hydrogen) atoms. The van der Waals surface area contributed by atoms with Crippen LogP contribution in [0, 0.1) is 26.2 Å². The van der Waals surface area contributed by atoms with Crippen molar-refractivity contribution < 1.29 is 0 Å². The van der Waals surface area contributed by atoms with E-state index < -0.39 is 0 Å². The molecule has 1 aromatic carbocycles. The minimum absolute atomic E-state index is 0.0660. The maximum absolute atomic E-state index is 7.64. The molecule has 0 amide bonds. The van der Waals surface area contributed by atoms with E-state index >= 15 is 0 Å². The third kappa shape index (κ3) is 2.06. The smallest absolute Gasteiger partial charge is 0.124 e. The summed E-state index contributed by atoms with van der Waals surface area (Å²) in [6.45, 7) is 5.92. The Hall–Kier alpha value is -2.10. The fourth-order valence-electron chi connectivity index (χ4n) is 1.92. The van der Waals surface area contributed by atoms with E-state index in [0.29, 0.717) is 0 Å². The van der Waals surface area contributed by atoms with Crippen molar-refractivity contribution in [2.24, 2.45) is 5.73 Å². The van der Waals surface area contributed by atoms with Gasteiger partial charge in [0.05, 0.1) is 11.4 Å². The number of nitrogens with zero attached hydrogens (tertiary/aromatic N) is 2. The molecule has 0 saturated heterocycles. The Bertz CT molecular complexity index is 581. The molecule has 1 heterocycles. The summed E-state index contributed by atoms with van der Waals surface area (Å²) in [5, 5.41) is 12.1. The molecule has 3 N–H and O–H groups in total. The van der Waals surface area contributed by atoms with Gasteiger partial charge in [0.1, 0.15) is 5.84 Å². The molecule has 4 nitrogen and oxygen atoms in total.